The van der Waals surface area contributed by atoms with Gasteiger partial charge in [0.2, 0.25) is 5.75 Å². The predicted octanol–water partition coefficient (Wildman–Crippen LogP) is 1.93. The van der Waals surface area contributed by atoms with Gasteiger partial charge in [-0.1, -0.05) is 20.8 Å². The summed E-state index contributed by atoms with van der Waals surface area (Å²) < 4.78 is 4.94. The Balaban J connectivity index is 3.10. The van der Waals surface area contributed by atoms with E-state index in [0.29, 0.717) is 5.69 Å². The van der Waals surface area contributed by atoms with Gasteiger partial charge in [0.15, 0.2) is 0 Å². The third-order valence-electron chi connectivity index (χ3n) is 2.19. The third kappa shape index (κ3) is 4.20. The minimum absolute atomic E-state index is 0.0933. The number of carbonyl (C=O) groups is 1. The molecule has 0 spiro atoms. The molecule has 0 aliphatic carbocycles. The molecular weight excluding hydrogens is 252 g/mol. The maximum Gasteiger partial charge on any atom is 0.376 e. The molecule has 0 saturated heterocycles. The van der Waals surface area contributed by atoms with Crippen LogP contribution in [0.25, 0.3) is 0 Å². The van der Waals surface area contributed by atoms with E-state index in [2.05, 4.69) is 4.98 Å². The molecule has 0 radical (unpaired) electrons. The normalized spacial score (nSPS) is 11.2. The summed E-state index contributed by atoms with van der Waals surface area (Å²) in [4.78, 5) is 35.4. The summed E-state index contributed by atoms with van der Waals surface area (Å²) in [7, 11) is 0. The molecule has 1 N–H and O–H groups in total. The number of hydrogen-bond donors (Lipinski definition) is 1. The summed E-state index contributed by atoms with van der Waals surface area (Å²) in [6, 6.07) is 1.26. The Morgan fingerprint density at radius 1 is 1.47 bits per heavy atom. The molecule has 1 heterocycles. The molecule has 0 aromatic carbocycles. The van der Waals surface area contributed by atoms with E-state index in [1.165, 1.54) is 6.07 Å². The average Bonchev–Trinajstić information content (AvgIpc) is 2.10. The first-order chi connectivity index (χ1) is 8.60. The number of pyridine rings is 1. The summed E-state index contributed by atoms with van der Waals surface area (Å²) >= 11 is 0. The molecule has 1 rings (SSSR count). The van der Waals surface area contributed by atoms with E-state index in [0.717, 1.165) is 0 Å². The van der Waals surface area contributed by atoms with Crippen molar-refractivity contribution in [3.63, 3.8) is 0 Å². The fourth-order valence-corrected chi connectivity index (χ4v) is 1.49. The molecule has 7 nitrogen and oxygen atoms in total. The van der Waals surface area contributed by atoms with E-state index in [-0.39, 0.29) is 17.6 Å². The number of aryl methyl sites for hydroxylation is 1. The highest BCUT2D eigenvalue weighted by Gasteiger charge is 2.25. The highest BCUT2D eigenvalue weighted by atomic mass is 16.6. The number of aromatic nitrogens is 1. The summed E-state index contributed by atoms with van der Waals surface area (Å²) in [5, 5.41) is 10.8. The van der Waals surface area contributed by atoms with E-state index in [4.69, 9.17) is 4.74 Å². The zero-order valence-electron chi connectivity index (χ0n) is 11.3. The lowest BCUT2D eigenvalue weighted by molar-refractivity contribution is -0.387. The van der Waals surface area contributed by atoms with E-state index in [1.807, 2.05) is 20.8 Å². The van der Waals surface area contributed by atoms with Crippen molar-refractivity contribution in [1.29, 1.82) is 0 Å². The van der Waals surface area contributed by atoms with E-state index >= 15 is 0 Å². The van der Waals surface area contributed by atoms with Gasteiger partial charge in [-0.3, -0.25) is 19.7 Å². The largest absolute Gasteiger partial charge is 0.419 e. The Bertz CT molecular complexity index is 568. The maximum absolute atomic E-state index is 11.7. The molecule has 0 aliphatic rings. The van der Waals surface area contributed by atoms with Crippen LogP contribution < -0.4 is 10.3 Å². The lowest BCUT2D eigenvalue weighted by atomic mass is 9.92. The van der Waals surface area contributed by atoms with Crippen LogP contribution in [0.4, 0.5) is 5.69 Å². The zero-order valence-corrected chi connectivity index (χ0v) is 11.3. The molecular formula is C12H16N2O5. The van der Waals surface area contributed by atoms with Crippen molar-refractivity contribution < 1.29 is 14.5 Å². The lowest BCUT2D eigenvalue weighted by Gasteiger charge is -2.16. The summed E-state index contributed by atoms with van der Waals surface area (Å²) in [6.07, 6.45) is 0.0933. The van der Waals surface area contributed by atoms with Crippen molar-refractivity contribution in [2.24, 2.45) is 5.41 Å². The average molecular weight is 268 g/mol. The van der Waals surface area contributed by atoms with Crippen LogP contribution in [-0.2, 0) is 4.79 Å². The molecule has 0 amide bonds. The molecule has 0 atom stereocenters. The Morgan fingerprint density at radius 2 is 2.05 bits per heavy atom. The monoisotopic (exact) mass is 268 g/mol. The Labute approximate surface area is 109 Å². The van der Waals surface area contributed by atoms with Gasteiger partial charge in [-0.05, 0) is 12.3 Å². The first-order valence-electron chi connectivity index (χ1n) is 5.69. The Kier molecular flexibility index (Phi) is 4.08. The van der Waals surface area contributed by atoms with Crippen molar-refractivity contribution in [2.75, 3.05) is 0 Å². The van der Waals surface area contributed by atoms with Crippen molar-refractivity contribution in [1.82, 2.24) is 4.98 Å². The molecule has 19 heavy (non-hydrogen) atoms. The van der Waals surface area contributed by atoms with Crippen LogP contribution in [0.1, 0.15) is 32.9 Å². The smallest absolute Gasteiger partial charge is 0.376 e. The SMILES string of the molecule is Cc1cc(OC(=O)CC(C)(C)C)c([N+](=O)[O-])c(=O)[nH]1. The van der Waals surface area contributed by atoms with Crippen LogP contribution in [0.15, 0.2) is 10.9 Å². The quantitative estimate of drug-likeness (QED) is 0.512. The topological polar surface area (TPSA) is 102 Å². The number of hydrogen-bond acceptors (Lipinski definition) is 5. The first kappa shape index (κ1) is 14.9. The van der Waals surface area contributed by atoms with Crippen LogP contribution in [0.2, 0.25) is 0 Å². The summed E-state index contributed by atoms with van der Waals surface area (Å²) in [6.45, 7) is 7.06. The molecule has 7 heteroatoms. The number of aromatic amines is 1. The summed E-state index contributed by atoms with van der Waals surface area (Å²) in [5.74, 6) is -0.930. The van der Waals surface area contributed by atoms with Gasteiger partial charge in [0, 0.05) is 11.8 Å². The van der Waals surface area contributed by atoms with Gasteiger partial charge in [0.25, 0.3) is 0 Å². The predicted molar refractivity (Wildman–Crippen MR) is 68.2 cm³/mol. The minimum Gasteiger partial charge on any atom is -0.419 e. The van der Waals surface area contributed by atoms with E-state index in [9.17, 15) is 19.7 Å². The Morgan fingerprint density at radius 3 is 2.53 bits per heavy atom. The number of nitro groups is 1. The Hall–Kier alpha value is -2.18. The van der Waals surface area contributed by atoms with Gasteiger partial charge < -0.3 is 9.72 Å². The van der Waals surface area contributed by atoms with Crippen LogP contribution in [0.3, 0.4) is 0 Å². The number of ether oxygens (including phenoxy) is 1. The second kappa shape index (κ2) is 5.21. The molecule has 0 bridgehead atoms. The number of carbonyl (C=O) groups excluding carboxylic acids is 1. The molecule has 1 aromatic heterocycles. The number of rotatable bonds is 3. The number of nitrogens with zero attached hydrogens (tertiary/aromatic N) is 1. The number of nitrogens with one attached hydrogen (secondary N) is 1. The number of esters is 1. The van der Waals surface area contributed by atoms with Gasteiger partial charge in [0.1, 0.15) is 0 Å². The van der Waals surface area contributed by atoms with Crippen LogP contribution >= 0.6 is 0 Å². The van der Waals surface area contributed by atoms with Crippen molar-refractivity contribution in [2.45, 2.75) is 34.1 Å². The molecule has 104 valence electrons. The first-order valence-corrected chi connectivity index (χ1v) is 5.69. The van der Waals surface area contributed by atoms with Crippen LogP contribution in [0, 0.1) is 22.5 Å². The summed E-state index contributed by atoms with van der Waals surface area (Å²) in [5.41, 5.74) is -1.56. The molecule has 0 saturated carbocycles. The van der Waals surface area contributed by atoms with Crippen molar-refractivity contribution in [3.05, 3.63) is 32.2 Å². The number of H-pyrrole nitrogens is 1. The second-order valence-corrected chi connectivity index (χ2v) is 5.46. The van der Waals surface area contributed by atoms with Gasteiger partial charge in [-0.15, -0.1) is 0 Å². The van der Waals surface area contributed by atoms with Crippen molar-refractivity contribution >= 4 is 11.7 Å². The zero-order chi connectivity index (χ0) is 14.8. The molecule has 0 unspecified atom stereocenters. The van der Waals surface area contributed by atoms with Gasteiger partial charge in [-0.25, -0.2) is 0 Å². The lowest BCUT2D eigenvalue weighted by Crippen LogP contribution is -2.20. The van der Waals surface area contributed by atoms with E-state index in [1.54, 1.807) is 6.92 Å². The molecule has 0 aliphatic heterocycles. The highest BCUT2D eigenvalue weighted by Crippen LogP contribution is 2.25. The van der Waals surface area contributed by atoms with Gasteiger partial charge in [0.05, 0.1) is 11.3 Å². The standard InChI is InChI=1S/C12H16N2O5/c1-7-5-8(10(14(17)18)11(16)13-7)19-9(15)6-12(2,3)4/h5H,6H2,1-4H3,(H,13,16). The van der Waals surface area contributed by atoms with Gasteiger partial charge >= 0.3 is 17.2 Å². The molecule has 1 aromatic rings. The van der Waals surface area contributed by atoms with Crippen LogP contribution in [-0.4, -0.2) is 15.9 Å². The fourth-order valence-electron chi connectivity index (χ4n) is 1.49. The molecule has 0 fully saturated rings. The maximum atomic E-state index is 11.7. The van der Waals surface area contributed by atoms with Crippen LogP contribution in [0.5, 0.6) is 5.75 Å². The minimum atomic E-state index is -0.886. The second-order valence-electron chi connectivity index (χ2n) is 5.46. The van der Waals surface area contributed by atoms with Crippen molar-refractivity contribution in [3.8, 4) is 5.75 Å². The highest BCUT2D eigenvalue weighted by molar-refractivity contribution is 5.74. The third-order valence-corrected chi connectivity index (χ3v) is 2.19. The van der Waals surface area contributed by atoms with E-state index < -0.39 is 22.1 Å². The fraction of sp³-hybridized carbons (Fsp3) is 0.500. The van der Waals surface area contributed by atoms with Gasteiger partial charge in [-0.2, -0.15) is 0 Å².